The summed E-state index contributed by atoms with van der Waals surface area (Å²) in [4.78, 5) is 25.7. The van der Waals surface area contributed by atoms with Gasteiger partial charge >= 0.3 is 5.97 Å². The quantitative estimate of drug-likeness (QED) is 0.645. The van der Waals surface area contributed by atoms with Crippen molar-refractivity contribution in [2.24, 2.45) is 5.41 Å². The average Bonchev–Trinajstić information content (AvgIpc) is 2.41. The Hall–Kier alpha value is -1.10. The predicted octanol–water partition coefficient (Wildman–Crippen LogP) is 2.11. The third kappa shape index (κ3) is 5.49. The maximum atomic E-state index is 12.1. The summed E-state index contributed by atoms with van der Waals surface area (Å²) < 4.78 is 0. The topological polar surface area (TPSA) is 69.6 Å². The van der Waals surface area contributed by atoms with E-state index in [2.05, 4.69) is 24.1 Å². The summed E-state index contributed by atoms with van der Waals surface area (Å²) in [5.74, 6) is -1.05. The number of nitrogens with zero attached hydrogens (tertiary/aromatic N) is 1. The highest BCUT2D eigenvalue weighted by Crippen LogP contribution is 2.30. The van der Waals surface area contributed by atoms with Gasteiger partial charge in [0.2, 0.25) is 5.91 Å². The number of amides is 1. The van der Waals surface area contributed by atoms with Crippen molar-refractivity contribution in [1.82, 2.24) is 10.2 Å². The van der Waals surface area contributed by atoms with Gasteiger partial charge < -0.3 is 15.3 Å². The summed E-state index contributed by atoms with van der Waals surface area (Å²) in [6, 6.07) is 0.0302. The van der Waals surface area contributed by atoms with Crippen molar-refractivity contribution in [3.8, 4) is 0 Å². The Morgan fingerprint density at radius 3 is 2.00 bits per heavy atom. The first-order valence-electron chi connectivity index (χ1n) is 7.60. The van der Waals surface area contributed by atoms with Gasteiger partial charge in [0.05, 0.1) is 5.41 Å². The number of carbonyl (C=O) groups is 2. The molecular formula is C15H30N2O3. The van der Waals surface area contributed by atoms with E-state index in [1.807, 2.05) is 20.8 Å². The molecule has 0 fully saturated rings. The molecular weight excluding hydrogens is 256 g/mol. The number of likely N-dealkylation sites (N-methyl/N-ethyl adjacent to an activating group) is 1. The number of carboxylic acids is 1. The Kier molecular flexibility index (Phi) is 8.46. The van der Waals surface area contributed by atoms with Crippen LogP contribution in [0.15, 0.2) is 0 Å². The van der Waals surface area contributed by atoms with E-state index in [-0.39, 0.29) is 18.4 Å². The molecule has 2 N–H and O–H groups in total. The molecule has 0 aliphatic rings. The molecule has 1 amide bonds. The maximum absolute atomic E-state index is 12.1. The SMILES string of the molecule is CCN(CC)CC(C)NC(=O)CC(CC)(CC)C(=O)O. The molecule has 0 aromatic rings. The third-order valence-electron chi connectivity index (χ3n) is 4.14. The molecule has 5 nitrogen and oxygen atoms in total. The van der Waals surface area contributed by atoms with Crippen LogP contribution in [0.2, 0.25) is 0 Å². The number of rotatable bonds is 10. The Balaban J connectivity index is 4.50. The van der Waals surface area contributed by atoms with Crippen molar-refractivity contribution in [2.45, 2.75) is 59.9 Å². The highest BCUT2D eigenvalue weighted by atomic mass is 16.4. The summed E-state index contributed by atoms with van der Waals surface area (Å²) in [5, 5.41) is 12.3. The van der Waals surface area contributed by atoms with Crippen LogP contribution in [0.3, 0.4) is 0 Å². The van der Waals surface area contributed by atoms with Gasteiger partial charge in [0.25, 0.3) is 0 Å². The van der Waals surface area contributed by atoms with Crippen molar-refractivity contribution in [1.29, 1.82) is 0 Å². The standard InChI is InChI=1S/C15H30N2O3/c1-6-15(7-2,14(19)20)10-13(18)16-12(5)11-17(8-3)9-4/h12H,6-11H2,1-5H3,(H,16,18)(H,19,20). The molecule has 0 aromatic heterocycles. The third-order valence-corrected chi connectivity index (χ3v) is 4.14. The lowest BCUT2D eigenvalue weighted by Crippen LogP contribution is -2.44. The lowest BCUT2D eigenvalue weighted by molar-refractivity contribution is -0.152. The van der Waals surface area contributed by atoms with Gasteiger partial charge in [0.15, 0.2) is 0 Å². The molecule has 0 aromatic carbocycles. The molecule has 118 valence electrons. The van der Waals surface area contributed by atoms with Crippen LogP contribution in [-0.2, 0) is 9.59 Å². The van der Waals surface area contributed by atoms with Crippen LogP contribution >= 0.6 is 0 Å². The van der Waals surface area contributed by atoms with E-state index in [1.54, 1.807) is 0 Å². The monoisotopic (exact) mass is 286 g/mol. The zero-order chi connectivity index (χ0) is 15.8. The van der Waals surface area contributed by atoms with E-state index in [9.17, 15) is 14.7 Å². The first-order chi connectivity index (χ1) is 9.34. The lowest BCUT2D eigenvalue weighted by atomic mass is 9.79. The minimum absolute atomic E-state index is 0.0302. The Morgan fingerprint density at radius 1 is 1.15 bits per heavy atom. The van der Waals surface area contributed by atoms with Gasteiger partial charge in [-0.3, -0.25) is 9.59 Å². The van der Waals surface area contributed by atoms with E-state index < -0.39 is 11.4 Å². The van der Waals surface area contributed by atoms with Crippen LogP contribution in [0, 0.1) is 5.41 Å². The van der Waals surface area contributed by atoms with E-state index in [0.717, 1.165) is 19.6 Å². The van der Waals surface area contributed by atoms with Gasteiger partial charge in [-0.1, -0.05) is 27.7 Å². The first-order valence-corrected chi connectivity index (χ1v) is 7.60. The molecule has 0 saturated heterocycles. The number of hydrogen-bond acceptors (Lipinski definition) is 3. The molecule has 1 unspecified atom stereocenters. The smallest absolute Gasteiger partial charge is 0.310 e. The molecule has 5 heteroatoms. The second kappa shape index (κ2) is 8.95. The van der Waals surface area contributed by atoms with Crippen molar-refractivity contribution >= 4 is 11.9 Å². The maximum Gasteiger partial charge on any atom is 0.310 e. The lowest BCUT2D eigenvalue weighted by Gasteiger charge is -2.28. The van der Waals surface area contributed by atoms with Crippen molar-refractivity contribution in [2.75, 3.05) is 19.6 Å². The van der Waals surface area contributed by atoms with Crippen molar-refractivity contribution in [3.05, 3.63) is 0 Å². The summed E-state index contributed by atoms with van der Waals surface area (Å²) in [6.45, 7) is 12.4. The average molecular weight is 286 g/mol. The van der Waals surface area contributed by atoms with Crippen molar-refractivity contribution in [3.63, 3.8) is 0 Å². The number of nitrogens with one attached hydrogen (secondary N) is 1. The number of aliphatic carboxylic acids is 1. The van der Waals surface area contributed by atoms with Crippen LogP contribution in [0.25, 0.3) is 0 Å². The van der Waals surface area contributed by atoms with E-state index in [4.69, 9.17) is 0 Å². The van der Waals surface area contributed by atoms with Gasteiger partial charge in [-0.25, -0.2) is 0 Å². The largest absolute Gasteiger partial charge is 0.481 e. The highest BCUT2D eigenvalue weighted by Gasteiger charge is 2.37. The van der Waals surface area contributed by atoms with Gasteiger partial charge in [-0.05, 0) is 32.9 Å². The van der Waals surface area contributed by atoms with Gasteiger partial charge in [0.1, 0.15) is 0 Å². The van der Waals surface area contributed by atoms with Crippen LogP contribution in [-0.4, -0.2) is 47.6 Å². The Labute approximate surface area is 122 Å². The van der Waals surface area contributed by atoms with Crippen LogP contribution in [0.1, 0.15) is 53.9 Å². The normalized spacial score (nSPS) is 13.3. The number of carbonyl (C=O) groups excluding carboxylic acids is 1. The minimum atomic E-state index is -0.932. The molecule has 0 aliphatic carbocycles. The van der Waals surface area contributed by atoms with Gasteiger partial charge in [-0.15, -0.1) is 0 Å². The first kappa shape index (κ1) is 18.9. The second-order valence-electron chi connectivity index (χ2n) is 5.42. The molecule has 1 atom stereocenters. The minimum Gasteiger partial charge on any atom is -0.481 e. The Bertz CT molecular complexity index is 310. The fraction of sp³-hybridized carbons (Fsp3) is 0.867. The zero-order valence-corrected chi connectivity index (χ0v) is 13.5. The summed E-state index contributed by atoms with van der Waals surface area (Å²) >= 11 is 0. The molecule has 0 saturated carbocycles. The van der Waals surface area contributed by atoms with Gasteiger partial charge in [-0.2, -0.15) is 0 Å². The molecule has 0 spiro atoms. The fourth-order valence-electron chi connectivity index (χ4n) is 2.43. The summed E-state index contributed by atoms with van der Waals surface area (Å²) in [6.07, 6.45) is 0.991. The fourth-order valence-corrected chi connectivity index (χ4v) is 2.43. The molecule has 0 radical (unpaired) electrons. The molecule has 0 aliphatic heterocycles. The second-order valence-corrected chi connectivity index (χ2v) is 5.42. The summed E-state index contributed by atoms with van der Waals surface area (Å²) in [5.41, 5.74) is -0.932. The summed E-state index contributed by atoms with van der Waals surface area (Å²) in [7, 11) is 0. The van der Waals surface area contributed by atoms with Gasteiger partial charge in [0, 0.05) is 19.0 Å². The molecule has 0 heterocycles. The Morgan fingerprint density at radius 2 is 1.65 bits per heavy atom. The zero-order valence-electron chi connectivity index (χ0n) is 13.5. The molecule has 20 heavy (non-hydrogen) atoms. The van der Waals surface area contributed by atoms with Crippen LogP contribution in [0.5, 0.6) is 0 Å². The predicted molar refractivity (Wildman–Crippen MR) is 80.7 cm³/mol. The number of carboxylic acid groups (broad SMARTS) is 1. The van der Waals surface area contributed by atoms with Crippen LogP contribution < -0.4 is 5.32 Å². The number of hydrogen-bond donors (Lipinski definition) is 2. The van der Waals surface area contributed by atoms with Crippen molar-refractivity contribution < 1.29 is 14.7 Å². The van der Waals surface area contributed by atoms with E-state index in [1.165, 1.54) is 0 Å². The van der Waals surface area contributed by atoms with Crippen LogP contribution in [0.4, 0.5) is 0 Å². The van der Waals surface area contributed by atoms with E-state index in [0.29, 0.717) is 12.8 Å². The molecule has 0 rings (SSSR count). The highest BCUT2D eigenvalue weighted by molar-refractivity contribution is 5.85. The van der Waals surface area contributed by atoms with E-state index >= 15 is 0 Å². The molecule has 0 bridgehead atoms.